The molecule has 1 aromatic rings. The van der Waals surface area contributed by atoms with E-state index in [-0.39, 0.29) is 0 Å². The van der Waals surface area contributed by atoms with E-state index in [1.165, 1.54) is 12.8 Å². The van der Waals surface area contributed by atoms with Crippen molar-refractivity contribution in [2.45, 2.75) is 19.3 Å². The van der Waals surface area contributed by atoms with Crippen molar-refractivity contribution in [3.8, 4) is 0 Å². The van der Waals surface area contributed by atoms with Gasteiger partial charge in [0.05, 0.1) is 6.61 Å². The first kappa shape index (κ1) is 16.4. The number of halogens is 1. The van der Waals surface area contributed by atoms with Crippen molar-refractivity contribution < 1.29 is 9.15 Å². The van der Waals surface area contributed by atoms with Gasteiger partial charge in [-0.15, -0.1) is 0 Å². The summed E-state index contributed by atoms with van der Waals surface area (Å²) >= 11 is 3.31. The number of furan rings is 1. The molecule has 118 valence electrons. The summed E-state index contributed by atoms with van der Waals surface area (Å²) in [5, 5.41) is 3.33. The highest BCUT2D eigenvalue weighted by atomic mass is 79.9. The first-order valence-electron chi connectivity index (χ1n) is 7.42. The Hall–Kier alpha value is -1.01. The molecule has 1 aliphatic rings. The molecule has 0 aromatic carbocycles. The average molecular weight is 358 g/mol. The second kappa shape index (κ2) is 8.44. The summed E-state index contributed by atoms with van der Waals surface area (Å²) in [6.45, 7) is 3.30. The van der Waals surface area contributed by atoms with E-state index in [0.29, 0.717) is 0 Å². The molecule has 1 aliphatic carbocycles. The molecule has 0 bridgehead atoms. The number of likely N-dealkylation sites (N-methyl/N-ethyl adjacent to an activating group) is 1. The van der Waals surface area contributed by atoms with Crippen LogP contribution in [0.4, 0.5) is 0 Å². The van der Waals surface area contributed by atoms with Gasteiger partial charge >= 0.3 is 0 Å². The third kappa shape index (κ3) is 6.09. The molecule has 1 saturated carbocycles. The predicted molar refractivity (Wildman–Crippen MR) is 87.6 cm³/mol. The van der Waals surface area contributed by atoms with Crippen LogP contribution in [-0.2, 0) is 11.2 Å². The molecular weight excluding hydrogens is 334 g/mol. The fourth-order valence-electron chi connectivity index (χ4n) is 2.01. The second-order valence-electron chi connectivity index (χ2n) is 5.37. The number of ether oxygens (including phenoxy) is 1. The molecule has 0 unspecified atom stereocenters. The van der Waals surface area contributed by atoms with Crippen LogP contribution in [0.5, 0.6) is 0 Å². The lowest BCUT2D eigenvalue weighted by Gasteiger charge is -2.21. The molecule has 0 spiro atoms. The fourth-order valence-corrected chi connectivity index (χ4v) is 2.35. The predicted octanol–water partition coefficient (Wildman–Crippen LogP) is 2.52. The van der Waals surface area contributed by atoms with Crippen LogP contribution in [0.15, 0.2) is 26.2 Å². The lowest BCUT2D eigenvalue weighted by Crippen LogP contribution is -2.41. The number of nitrogens with one attached hydrogen (secondary N) is 1. The maximum Gasteiger partial charge on any atom is 0.193 e. The number of rotatable bonds is 8. The second-order valence-corrected chi connectivity index (χ2v) is 6.15. The minimum absolute atomic E-state index is 0.749. The topological polar surface area (TPSA) is 50.0 Å². The fraction of sp³-hybridized carbons (Fsp3) is 0.667. The van der Waals surface area contributed by atoms with Gasteiger partial charge in [0.15, 0.2) is 10.6 Å². The van der Waals surface area contributed by atoms with Crippen LogP contribution < -0.4 is 5.32 Å². The Labute approximate surface area is 134 Å². The normalized spacial score (nSPS) is 15.3. The summed E-state index contributed by atoms with van der Waals surface area (Å²) in [7, 11) is 3.83. The van der Waals surface area contributed by atoms with Gasteiger partial charge in [-0.3, -0.25) is 4.99 Å². The van der Waals surface area contributed by atoms with E-state index in [4.69, 9.17) is 9.15 Å². The minimum atomic E-state index is 0.749. The largest absolute Gasteiger partial charge is 0.454 e. The Bertz CT molecular complexity index is 458. The first-order chi connectivity index (χ1) is 10.2. The molecule has 2 rings (SSSR count). The molecule has 0 aliphatic heterocycles. The number of hydrogen-bond donors (Lipinski definition) is 1. The van der Waals surface area contributed by atoms with Crippen molar-refractivity contribution in [3.63, 3.8) is 0 Å². The van der Waals surface area contributed by atoms with Gasteiger partial charge in [-0.25, -0.2) is 0 Å². The summed E-state index contributed by atoms with van der Waals surface area (Å²) < 4.78 is 11.9. The van der Waals surface area contributed by atoms with E-state index in [2.05, 4.69) is 31.1 Å². The zero-order chi connectivity index (χ0) is 15.1. The summed E-state index contributed by atoms with van der Waals surface area (Å²) in [5.41, 5.74) is 0. The number of guanidine groups is 1. The van der Waals surface area contributed by atoms with Crippen LogP contribution in [0.25, 0.3) is 0 Å². The van der Waals surface area contributed by atoms with Gasteiger partial charge in [-0.1, -0.05) is 0 Å². The highest BCUT2D eigenvalue weighted by molar-refractivity contribution is 9.10. The van der Waals surface area contributed by atoms with Gasteiger partial charge < -0.3 is 19.4 Å². The quantitative estimate of drug-likeness (QED) is 0.441. The van der Waals surface area contributed by atoms with Gasteiger partial charge in [-0.05, 0) is 46.8 Å². The Morgan fingerprint density at radius 1 is 1.52 bits per heavy atom. The van der Waals surface area contributed by atoms with Crippen molar-refractivity contribution in [1.82, 2.24) is 10.2 Å². The summed E-state index contributed by atoms with van der Waals surface area (Å²) in [4.78, 5) is 6.37. The van der Waals surface area contributed by atoms with E-state index in [1.807, 2.05) is 19.2 Å². The summed E-state index contributed by atoms with van der Waals surface area (Å²) in [5.74, 6) is 2.66. The van der Waals surface area contributed by atoms with E-state index in [9.17, 15) is 0 Å². The Morgan fingerprint density at radius 2 is 2.33 bits per heavy atom. The maximum atomic E-state index is 5.65. The molecule has 1 fully saturated rings. The molecular formula is C15H24BrN3O2. The van der Waals surface area contributed by atoms with Crippen molar-refractivity contribution >= 4 is 21.9 Å². The van der Waals surface area contributed by atoms with Crippen molar-refractivity contribution in [3.05, 3.63) is 22.6 Å². The highest BCUT2D eigenvalue weighted by Gasteiger charge is 2.21. The molecule has 1 N–H and O–H groups in total. The van der Waals surface area contributed by atoms with E-state index in [1.54, 1.807) is 7.05 Å². The van der Waals surface area contributed by atoms with Crippen LogP contribution in [0.3, 0.4) is 0 Å². The number of hydrogen-bond acceptors (Lipinski definition) is 3. The minimum Gasteiger partial charge on any atom is -0.454 e. The summed E-state index contributed by atoms with van der Waals surface area (Å²) in [6.07, 6.45) is 3.50. The van der Waals surface area contributed by atoms with Crippen molar-refractivity contribution in [1.29, 1.82) is 0 Å². The van der Waals surface area contributed by atoms with Gasteiger partial charge in [0.25, 0.3) is 0 Å². The third-order valence-electron chi connectivity index (χ3n) is 3.48. The monoisotopic (exact) mass is 357 g/mol. The van der Waals surface area contributed by atoms with E-state index in [0.717, 1.165) is 55.0 Å². The van der Waals surface area contributed by atoms with E-state index < -0.39 is 0 Å². The molecule has 5 nitrogen and oxygen atoms in total. The van der Waals surface area contributed by atoms with Crippen LogP contribution in [-0.4, -0.2) is 51.3 Å². The van der Waals surface area contributed by atoms with E-state index >= 15 is 0 Å². The molecule has 1 heterocycles. The van der Waals surface area contributed by atoms with Crippen LogP contribution in [0.1, 0.15) is 18.6 Å². The molecule has 0 amide bonds. The van der Waals surface area contributed by atoms with Crippen molar-refractivity contribution in [2.75, 3.05) is 40.4 Å². The first-order valence-corrected chi connectivity index (χ1v) is 8.22. The Kier molecular flexibility index (Phi) is 6.57. The van der Waals surface area contributed by atoms with Crippen LogP contribution in [0, 0.1) is 5.92 Å². The Balaban J connectivity index is 1.61. The number of nitrogens with zero attached hydrogens (tertiary/aromatic N) is 2. The molecule has 6 heteroatoms. The SMILES string of the molecule is CN=C(NCCc1ccc(Br)o1)N(C)CCOCC1CC1. The molecule has 0 radical (unpaired) electrons. The smallest absolute Gasteiger partial charge is 0.193 e. The lowest BCUT2D eigenvalue weighted by atomic mass is 10.3. The number of aliphatic imine (C=N–C) groups is 1. The van der Waals surface area contributed by atoms with Crippen LogP contribution >= 0.6 is 15.9 Å². The third-order valence-corrected chi connectivity index (χ3v) is 3.90. The molecule has 21 heavy (non-hydrogen) atoms. The van der Waals surface area contributed by atoms with Gasteiger partial charge in [0.1, 0.15) is 5.76 Å². The zero-order valence-corrected chi connectivity index (χ0v) is 14.4. The van der Waals surface area contributed by atoms with Gasteiger partial charge in [0, 0.05) is 40.2 Å². The highest BCUT2D eigenvalue weighted by Crippen LogP contribution is 2.28. The molecule has 0 saturated heterocycles. The Morgan fingerprint density at radius 3 is 2.95 bits per heavy atom. The standard InChI is InChI=1S/C15H24BrN3O2/c1-17-15(18-8-7-13-5-6-14(16)21-13)19(2)9-10-20-11-12-3-4-12/h5-6,12H,3-4,7-11H2,1-2H3,(H,17,18). The maximum absolute atomic E-state index is 5.65. The lowest BCUT2D eigenvalue weighted by molar-refractivity contribution is 0.115. The van der Waals surface area contributed by atoms with Crippen molar-refractivity contribution in [2.24, 2.45) is 10.9 Å². The summed E-state index contributed by atoms with van der Waals surface area (Å²) in [6, 6.07) is 3.89. The zero-order valence-electron chi connectivity index (χ0n) is 12.8. The molecule has 0 atom stereocenters. The van der Waals surface area contributed by atoms with Gasteiger partial charge in [-0.2, -0.15) is 0 Å². The average Bonchev–Trinajstić information content (AvgIpc) is 3.21. The van der Waals surface area contributed by atoms with Crippen LogP contribution in [0.2, 0.25) is 0 Å². The molecule has 1 aromatic heterocycles. The van der Waals surface area contributed by atoms with Gasteiger partial charge in [0.2, 0.25) is 0 Å².